The Kier molecular flexibility index (Phi) is 5.40. The zero-order valence-electron chi connectivity index (χ0n) is 11.3. The van der Waals surface area contributed by atoms with Gasteiger partial charge in [-0.25, -0.2) is 0 Å². The molecule has 17 heavy (non-hydrogen) atoms. The van der Waals surface area contributed by atoms with E-state index in [1.165, 1.54) is 6.42 Å². The van der Waals surface area contributed by atoms with E-state index in [9.17, 15) is 9.90 Å². The first kappa shape index (κ1) is 14.5. The third kappa shape index (κ3) is 6.03. The lowest BCUT2D eigenvalue weighted by Crippen LogP contribution is -2.45. The van der Waals surface area contributed by atoms with Crippen LogP contribution in [0, 0.1) is 0 Å². The van der Waals surface area contributed by atoms with E-state index in [4.69, 9.17) is 0 Å². The van der Waals surface area contributed by atoms with Gasteiger partial charge in [-0.2, -0.15) is 0 Å². The highest BCUT2D eigenvalue weighted by Crippen LogP contribution is 2.18. The van der Waals surface area contributed by atoms with Crippen molar-refractivity contribution < 1.29 is 9.90 Å². The van der Waals surface area contributed by atoms with Gasteiger partial charge in [-0.05, 0) is 33.6 Å². The number of aliphatic hydroxyl groups excluding tert-OH is 1. The second-order valence-electron chi connectivity index (χ2n) is 5.96. The van der Waals surface area contributed by atoms with Crippen LogP contribution < -0.4 is 10.6 Å². The molecule has 100 valence electrons. The molecular weight excluding hydrogens is 216 g/mol. The largest absolute Gasteiger partial charge is 0.392 e. The third-order valence-electron chi connectivity index (χ3n) is 3.00. The van der Waals surface area contributed by atoms with Crippen molar-refractivity contribution in [3.63, 3.8) is 0 Å². The first-order chi connectivity index (χ1) is 7.88. The summed E-state index contributed by atoms with van der Waals surface area (Å²) in [6.45, 7) is 6.57. The second kappa shape index (κ2) is 6.36. The summed E-state index contributed by atoms with van der Waals surface area (Å²) in [4.78, 5) is 11.6. The standard InChI is InChI=1S/C13H26N2O2/c1-13(2,3)15-12(17)8-9-14-10-6-4-5-7-11(10)16/h10-11,14,16H,4-9H2,1-3H3,(H,15,17)/t10-,11-/m0/s1. The maximum Gasteiger partial charge on any atom is 0.221 e. The minimum Gasteiger partial charge on any atom is -0.392 e. The van der Waals surface area contributed by atoms with Crippen LogP contribution in [0.15, 0.2) is 0 Å². The minimum atomic E-state index is -0.241. The van der Waals surface area contributed by atoms with Gasteiger partial charge in [0.15, 0.2) is 0 Å². The molecule has 1 rings (SSSR count). The van der Waals surface area contributed by atoms with Gasteiger partial charge in [0.1, 0.15) is 0 Å². The molecule has 0 heterocycles. The number of nitrogens with one attached hydrogen (secondary N) is 2. The summed E-state index contributed by atoms with van der Waals surface area (Å²) in [6.07, 6.45) is 4.41. The van der Waals surface area contributed by atoms with E-state index in [1.807, 2.05) is 20.8 Å². The average Bonchev–Trinajstić information content (AvgIpc) is 2.18. The number of hydrogen-bond acceptors (Lipinski definition) is 3. The lowest BCUT2D eigenvalue weighted by Gasteiger charge is -2.28. The average molecular weight is 242 g/mol. The molecule has 0 radical (unpaired) electrons. The molecule has 1 saturated carbocycles. The molecule has 0 aromatic rings. The smallest absolute Gasteiger partial charge is 0.221 e. The summed E-state index contributed by atoms with van der Waals surface area (Å²) in [5, 5.41) is 16.0. The maximum atomic E-state index is 11.6. The van der Waals surface area contributed by atoms with E-state index in [0.717, 1.165) is 19.3 Å². The molecule has 0 aromatic carbocycles. The lowest BCUT2D eigenvalue weighted by atomic mass is 9.92. The quantitative estimate of drug-likeness (QED) is 0.694. The Hall–Kier alpha value is -0.610. The molecule has 4 nitrogen and oxygen atoms in total. The van der Waals surface area contributed by atoms with Crippen LogP contribution in [-0.2, 0) is 4.79 Å². The zero-order valence-corrected chi connectivity index (χ0v) is 11.3. The Labute approximate surface area is 104 Å². The summed E-state index contributed by atoms with van der Waals surface area (Å²) < 4.78 is 0. The number of carbonyl (C=O) groups is 1. The monoisotopic (exact) mass is 242 g/mol. The van der Waals surface area contributed by atoms with Gasteiger partial charge in [0.05, 0.1) is 6.10 Å². The molecule has 0 aromatic heterocycles. The molecule has 2 atom stereocenters. The Morgan fingerprint density at radius 1 is 1.29 bits per heavy atom. The van der Waals surface area contributed by atoms with Gasteiger partial charge in [-0.1, -0.05) is 12.8 Å². The number of rotatable bonds is 4. The van der Waals surface area contributed by atoms with Crippen molar-refractivity contribution in [2.45, 2.75) is 70.6 Å². The van der Waals surface area contributed by atoms with Crippen LogP contribution in [-0.4, -0.2) is 35.2 Å². The van der Waals surface area contributed by atoms with Gasteiger partial charge in [0.2, 0.25) is 5.91 Å². The van der Waals surface area contributed by atoms with Crippen molar-refractivity contribution in [1.82, 2.24) is 10.6 Å². The van der Waals surface area contributed by atoms with E-state index >= 15 is 0 Å². The zero-order chi connectivity index (χ0) is 12.9. The molecule has 1 amide bonds. The van der Waals surface area contributed by atoms with Crippen LogP contribution in [0.4, 0.5) is 0 Å². The van der Waals surface area contributed by atoms with Gasteiger partial charge < -0.3 is 15.7 Å². The van der Waals surface area contributed by atoms with Crippen molar-refractivity contribution >= 4 is 5.91 Å². The number of carbonyl (C=O) groups excluding carboxylic acids is 1. The molecule has 0 spiro atoms. The highest BCUT2D eigenvalue weighted by molar-refractivity contribution is 5.76. The van der Waals surface area contributed by atoms with Crippen LogP contribution in [0.1, 0.15) is 52.9 Å². The van der Waals surface area contributed by atoms with Crippen LogP contribution >= 0.6 is 0 Å². The summed E-state index contributed by atoms with van der Waals surface area (Å²) >= 11 is 0. The molecule has 1 aliphatic carbocycles. The van der Waals surface area contributed by atoms with E-state index < -0.39 is 0 Å². The molecule has 4 heteroatoms. The van der Waals surface area contributed by atoms with Crippen molar-refractivity contribution in [1.29, 1.82) is 0 Å². The Bertz CT molecular complexity index is 248. The summed E-state index contributed by atoms with van der Waals surface area (Å²) in [7, 11) is 0. The first-order valence-corrected chi connectivity index (χ1v) is 6.61. The van der Waals surface area contributed by atoms with Gasteiger partial charge in [0.25, 0.3) is 0 Å². The van der Waals surface area contributed by atoms with Crippen LogP contribution in [0.3, 0.4) is 0 Å². The molecular formula is C13H26N2O2. The SMILES string of the molecule is CC(C)(C)NC(=O)CCN[C@H]1CCCC[C@@H]1O. The number of hydrogen-bond donors (Lipinski definition) is 3. The van der Waals surface area contributed by atoms with Gasteiger partial charge in [0, 0.05) is 24.5 Å². The predicted octanol–water partition coefficient (Wildman–Crippen LogP) is 1.18. The molecule has 0 saturated heterocycles. The van der Waals surface area contributed by atoms with E-state index in [0.29, 0.717) is 13.0 Å². The fraction of sp³-hybridized carbons (Fsp3) is 0.923. The third-order valence-corrected chi connectivity index (χ3v) is 3.00. The molecule has 1 fully saturated rings. The fourth-order valence-electron chi connectivity index (χ4n) is 2.20. The van der Waals surface area contributed by atoms with Gasteiger partial charge >= 0.3 is 0 Å². The highest BCUT2D eigenvalue weighted by Gasteiger charge is 2.22. The molecule has 3 N–H and O–H groups in total. The second-order valence-corrected chi connectivity index (χ2v) is 5.96. The number of amides is 1. The molecule has 1 aliphatic rings. The van der Waals surface area contributed by atoms with Crippen molar-refractivity contribution in [3.8, 4) is 0 Å². The lowest BCUT2D eigenvalue weighted by molar-refractivity contribution is -0.122. The molecule has 0 bridgehead atoms. The first-order valence-electron chi connectivity index (χ1n) is 6.61. The van der Waals surface area contributed by atoms with Crippen LogP contribution in [0.25, 0.3) is 0 Å². The normalized spacial score (nSPS) is 25.6. The Balaban J connectivity index is 2.16. The van der Waals surface area contributed by atoms with Crippen LogP contribution in [0.2, 0.25) is 0 Å². The minimum absolute atomic E-state index is 0.0651. The van der Waals surface area contributed by atoms with Crippen molar-refractivity contribution in [2.75, 3.05) is 6.54 Å². The molecule has 0 aliphatic heterocycles. The maximum absolute atomic E-state index is 11.6. The Morgan fingerprint density at radius 2 is 1.94 bits per heavy atom. The predicted molar refractivity (Wildman–Crippen MR) is 68.8 cm³/mol. The van der Waals surface area contributed by atoms with Gasteiger partial charge in [-0.3, -0.25) is 4.79 Å². The fourth-order valence-corrected chi connectivity index (χ4v) is 2.20. The van der Waals surface area contributed by atoms with Crippen molar-refractivity contribution in [2.24, 2.45) is 0 Å². The summed E-state index contributed by atoms with van der Waals surface area (Å²) in [5.41, 5.74) is -0.165. The van der Waals surface area contributed by atoms with E-state index in [-0.39, 0.29) is 23.6 Å². The topological polar surface area (TPSA) is 61.4 Å². The Morgan fingerprint density at radius 3 is 2.53 bits per heavy atom. The highest BCUT2D eigenvalue weighted by atomic mass is 16.3. The molecule has 0 unspecified atom stereocenters. The summed E-state index contributed by atoms with van der Waals surface area (Å²) in [5.74, 6) is 0.0651. The number of aliphatic hydroxyl groups is 1. The van der Waals surface area contributed by atoms with Crippen LogP contribution in [0.5, 0.6) is 0 Å². The summed E-state index contributed by atoms with van der Waals surface area (Å²) in [6, 6.07) is 0.172. The van der Waals surface area contributed by atoms with E-state index in [2.05, 4.69) is 10.6 Å². The van der Waals surface area contributed by atoms with E-state index in [1.54, 1.807) is 0 Å². The van der Waals surface area contributed by atoms with Crippen molar-refractivity contribution in [3.05, 3.63) is 0 Å². The van der Waals surface area contributed by atoms with Gasteiger partial charge in [-0.15, -0.1) is 0 Å².